The Morgan fingerprint density at radius 2 is 1.85 bits per heavy atom. The average molecular weight is 286 g/mol. The maximum absolute atomic E-state index is 12.3. The van der Waals surface area contributed by atoms with Crippen LogP contribution in [-0.4, -0.2) is 55.3 Å². The topological polar surface area (TPSA) is 67.9 Å². The molecule has 1 fully saturated rings. The van der Waals surface area contributed by atoms with Gasteiger partial charge in [-0.3, -0.25) is 0 Å². The first kappa shape index (κ1) is 16.8. The van der Waals surface area contributed by atoms with Gasteiger partial charge in [-0.2, -0.15) is 0 Å². The van der Waals surface area contributed by atoms with E-state index in [4.69, 9.17) is 9.47 Å². The summed E-state index contributed by atoms with van der Waals surface area (Å²) in [4.78, 5) is 25.7. The Kier molecular flexibility index (Phi) is 6.26. The predicted molar refractivity (Wildman–Crippen MR) is 75.4 cm³/mol. The lowest BCUT2D eigenvalue weighted by Crippen LogP contribution is -2.55. The van der Waals surface area contributed by atoms with Crippen LogP contribution >= 0.6 is 0 Å². The van der Waals surface area contributed by atoms with Gasteiger partial charge in [-0.1, -0.05) is 13.8 Å². The van der Waals surface area contributed by atoms with Crippen LogP contribution < -0.4 is 5.32 Å². The van der Waals surface area contributed by atoms with E-state index in [2.05, 4.69) is 5.32 Å². The van der Waals surface area contributed by atoms with Gasteiger partial charge in [-0.15, -0.1) is 0 Å². The van der Waals surface area contributed by atoms with Gasteiger partial charge in [0.1, 0.15) is 6.04 Å². The van der Waals surface area contributed by atoms with E-state index in [1.165, 1.54) is 7.11 Å². The first-order valence-corrected chi connectivity index (χ1v) is 7.12. The Labute approximate surface area is 120 Å². The molecule has 0 aromatic rings. The van der Waals surface area contributed by atoms with E-state index >= 15 is 0 Å². The summed E-state index contributed by atoms with van der Waals surface area (Å²) in [5.74, 6) is -0.108. The second kappa shape index (κ2) is 7.47. The number of amides is 2. The Hall–Kier alpha value is -1.30. The highest BCUT2D eigenvalue weighted by atomic mass is 16.5. The summed E-state index contributed by atoms with van der Waals surface area (Å²) < 4.78 is 10.3. The molecule has 6 heteroatoms. The molecule has 6 nitrogen and oxygen atoms in total. The monoisotopic (exact) mass is 286 g/mol. The van der Waals surface area contributed by atoms with Crippen molar-refractivity contribution in [2.24, 2.45) is 5.92 Å². The molecule has 20 heavy (non-hydrogen) atoms. The number of esters is 1. The zero-order chi connectivity index (χ0) is 15.3. The lowest BCUT2D eigenvalue weighted by atomic mass is 10.0. The fourth-order valence-corrected chi connectivity index (χ4v) is 2.41. The smallest absolute Gasteiger partial charge is 0.328 e. The van der Waals surface area contributed by atoms with Crippen LogP contribution in [0.25, 0.3) is 0 Å². The van der Waals surface area contributed by atoms with Crippen LogP contribution in [0.4, 0.5) is 4.79 Å². The van der Waals surface area contributed by atoms with Gasteiger partial charge >= 0.3 is 12.0 Å². The molecular formula is C14H26N2O4. The second-order valence-corrected chi connectivity index (χ2v) is 5.82. The molecule has 0 aliphatic carbocycles. The second-order valence-electron chi connectivity index (χ2n) is 5.82. The fourth-order valence-electron chi connectivity index (χ4n) is 2.41. The number of hydrogen-bond acceptors (Lipinski definition) is 4. The first-order valence-electron chi connectivity index (χ1n) is 7.12. The third-order valence-electron chi connectivity index (χ3n) is 3.20. The zero-order valence-electron chi connectivity index (χ0n) is 13.0. The Balaban J connectivity index is 2.62. The molecule has 3 atom stereocenters. The molecule has 0 aromatic heterocycles. The summed E-state index contributed by atoms with van der Waals surface area (Å²) in [5, 5.41) is 2.77. The number of carbonyl (C=O) groups excluding carboxylic acids is 2. The van der Waals surface area contributed by atoms with Crippen LogP contribution in [0.2, 0.25) is 0 Å². The summed E-state index contributed by atoms with van der Waals surface area (Å²) >= 11 is 0. The third kappa shape index (κ3) is 5.00. The maximum atomic E-state index is 12.3. The summed E-state index contributed by atoms with van der Waals surface area (Å²) in [6.07, 6.45) is 0.575. The van der Waals surface area contributed by atoms with Crippen molar-refractivity contribution in [1.29, 1.82) is 0 Å². The average Bonchev–Trinajstić information content (AvgIpc) is 2.35. The summed E-state index contributed by atoms with van der Waals surface area (Å²) in [5.41, 5.74) is 0. The van der Waals surface area contributed by atoms with Crippen LogP contribution in [0.5, 0.6) is 0 Å². The molecule has 0 aromatic carbocycles. The van der Waals surface area contributed by atoms with Gasteiger partial charge in [-0.05, 0) is 26.2 Å². The number of rotatable bonds is 4. The number of hydrogen-bond donors (Lipinski definition) is 1. The van der Waals surface area contributed by atoms with E-state index in [1.807, 2.05) is 27.7 Å². The Bertz CT molecular complexity index is 336. The molecule has 0 radical (unpaired) electrons. The minimum Gasteiger partial charge on any atom is -0.467 e. The van der Waals surface area contributed by atoms with Gasteiger partial charge in [0.25, 0.3) is 0 Å². The number of carbonyl (C=O) groups is 2. The number of nitrogens with one attached hydrogen (secondary N) is 1. The van der Waals surface area contributed by atoms with E-state index in [0.717, 1.165) is 0 Å². The molecule has 0 spiro atoms. The van der Waals surface area contributed by atoms with Gasteiger partial charge < -0.3 is 19.7 Å². The van der Waals surface area contributed by atoms with Crippen LogP contribution in [0, 0.1) is 5.92 Å². The summed E-state index contributed by atoms with van der Waals surface area (Å²) in [6.45, 7) is 8.93. The molecule has 2 amide bonds. The SMILES string of the molecule is COC(=O)[C@H](CC(C)C)NC(=O)N1C[C@@H](C)O[C@H](C)C1. The molecule has 0 unspecified atom stereocenters. The van der Waals surface area contributed by atoms with Crippen LogP contribution in [-0.2, 0) is 14.3 Å². The van der Waals surface area contributed by atoms with Crippen molar-refractivity contribution in [2.75, 3.05) is 20.2 Å². The standard InChI is InChI=1S/C14H26N2O4/c1-9(2)6-12(13(17)19-5)15-14(18)16-7-10(3)20-11(4)8-16/h9-12H,6-8H2,1-5H3,(H,15,18)/t10-,11-,12+/m1/s1. The Morgan fingerprint density at radius 3 is 2.30 bits per heavy atom. The molecule has 1 heterocycles. The molecular weight excluding hydrogens is 260 g/mol. The highest BCUT2D eigenvalue weighted by Gasteiger charge is 2.29. The number of ether oxygens (including phenoxy) is 2. The fraction of sp³-hybridized carbons (Fsp3) is 0.857. The van der Waals surface area contributed by atoms with E-state index in [1.54, 1.807) is 4.90 Å². The highest BCUT2D eigenvalue weighted by molar-refractivity contribution is 5.83. The summed E-state index contributed by atoms with van der Waals surface area (Å²) in [6, 6.07) is -0.830. The van der Waals surface area contributed by atoms with Crippen molar-refractivity contribution in [3.63, 3.8) is 0 Å². The number of urea groups is 1. The molecule has 1 rings (SSSR count). The number of methoxy groups -OCH3 is 1. The predicted octanol–water partition coefficient (Wildman–Crippen LogP) is 1.39. The summed E-state index contributed by atoms with van der Waals surface area (Å²) in [7, 11) is 1.33. The maximum Gasteiger partial charge on any atom is 0.328 e. The largest absolute Gasteiger partial charge is 0.467 e. The van der Waals surface area contributed by atoms with Crippen molar-refractivity contribution in [3.05, 3.63) is 0 Å². The quantitative estimate of drug-likeness (QED) is 0.793. The van der Waals surface area contributed by atoms with Crippen molar-refractivity contribution in [3.8, 4) is 0 Å². The first-order chi connectivity index (χ1) is 9.33. The van der Waals surface area contributed by atoms with E-state index in [-0.39, 0.29) is 18.2 Å². The lowest BCUT2D eigenvalue weighted by Gasteiger charge is -2.36. The van der Waals surface area contributed by atoms with E-state index in [0.29, 0.717) is 25.4 Å². The minimum atomic E-state index is -0.596. The van der Waals surface area contributed by atoms with Gasteiger partial charge in [0.05, 0.1) is 19.3 Å². The van der Waals surface area contributed by atoms with Gasteiger partial charge in [0, 0.05) is 13.1 Å². The minimum absolute atomic E-state index is 0.00572. The third-order valence-corrected chi connectivity index (χ3v) is 3.20. The van der Waals surface area contributed by atoms with Gasteiger partial charge in [0.2, 0.25) is 0 Å². The van der Waals surface area contributed by atoms with Crippen molar-refractivity contribution in [1.82, 2.24) is 10.2 Å². The normalized spacial score (nSPS) is 24.4. The van der Waals surface area contributed by atoms with Crippen LogP contribution in [0.1, 0.15) is 34.1 Å². The lowest BCUT2D eigenvalue weighted by molar-refractivity contribution is -0.143. The van der Waals surface area contributed by atoms with Crippen molar-refractivity contribution in [2.45, 2.75) is 52.4 Å². The zero-order valence-corrected chi connectivity index (χ0v) is 13.0. The highest BCUT2D eigenvalue weighted by Crippen LogP contribution is 2.12. The molecule has 1 saturated heterocycles. The number of nitrogens with zero attached hydrogens (tertiary/aromatic N) is 1. The molecule has 1 aliphatic heterocycles. The van der Waals surface area contributed by atoms with E-state index < -0.39 is 12.0 Å². The molecule has 0 bridgehead atoms. The van der Waals surface area contributed by atoms with Crippen molar-refractivity contribution < 1.29 is 19.1 Å². The van der Waals surface area contributed by atoms with Crippen LogP contribution in [0.15, 0.2) is 0 Å². The van der Waals surface area contributed by atoms with Gasteiger partial charge in [0.15, 0.2) is 0 Å². The van der Waals surface area contributed by atoms with E-state index in [9.17, 15) is 9.59 Å². The number of morpholine rings is 1. The van der Waals surface area contributed by atoms with Crippen molar-refractivity contribution >= 4 is 12.0 Å². The molecule has 1 aliphatic rings. The van der Waals surface area contributed by atoms with Crippen LogP contribution in [0.3, 0.4) is 0 Å². The molecule has 116 valence electrons. The molecule has 1 N–H and O–H groups in total. The van der Waals surface area contributed by atoms with Gasteiger partial charge in [-0.25, -0.2) is 9.59 Å². The molecule has 0 saturated carbocycles. The Morgan fingerprint density at radius 1 is 1.30 bits per heavy atom.